The fourth-order valence-corrected chi connectivity index (χ4v) is 1.45. The lowest BCUT2D eigenvalue weighted by Gasteiger charge is -2.05. The van der Waals surface area contributed by atoms with E-state index in [2.05, 4.69) is 9.88 Å². The molecule has 1 atom stereocenters. The lowest BCUT2D eigenvalue weighted by Crippen LogP contribution is -2.13. The summed E-state index contributed by atoms with van der Waals surface area (Å²) in [6.45, 7) is 0. The number of halogens is 1. The molecule has 82 valence electrons. The van der Waals surface area contributed by atoms with Crippen LogP contribution in [0.15, 0.2) is 23.4 Å². The maximum atomic E-state index is 13.3. The number of rotatable bonds is 3. The third-order valence-electron chi connectivity index (χ3n) is 1.63. The van der Waals surface area contributed by atoms with E-state index >= 15 is 0 Å². The van der Waals surface area contributed by atoms with E-state index in [0.717, 1.165) is 6.07 Å². The van der Waals surface area contributed by atoms with E-state index < -0.39 is 16.8 Å². The van der Waals surface area contributed by atoms with Gasteiger partial charge in [-0.15, -0.1) is 0 Å². The second-order valence-corrected chi connectivity index (χ2v) is 3.85. The van der Waals surface area contributed by atoms with Crippen LogP contribution in [0.4, 0.5) is 10.1 Å². The van der Waals surface area contributed by atoms with Gasteiger partial charge >= 0.3 is 0 Å². The summed E-state index contributed by atoms with van der Waals surface area (Å²) in [5.74, 6) is -0.799. The molecule has 1 aromatic rings. The van der Waals surface area contributed by atoms with Crippen molar-refractivity contribution < 1.29 is 13.8 Å². The van der Waals surface area contributed by atoms with Crippen molar-refractivity contribution in [3.8, 4) is 0 Å². The minimum atomic E-state index is -1.35. The van der Waals surface area contributed by atoms with E-state index in [1.807, 2.05) is 0 Å². The molecular weight excluding hydrogens is 221 g/mol. The highest BCUT2D eigenvalue weighted by atomic mass is 32.2. The van der Waals surface area contributed by atoms with Crippen LogP contribution in [-0.4, -0.2) is 21.5 Å². The summed E-state index contributed by atoms with van der Waals surface area (Å²) < 4.78 is 26.5. The summed E-state index contributed by atoms with van der Waals surface area (Å²) >= 11 is 0. The third-order valence-corrected chi connectivity index (χ3v) is 2.13. The number of oxime groups is 1. The fourth-order valence-electron chi connectivity index (χ4n) is 0.970. The summed E-state index contributed by atoms with van der Waals surface area (Å²) in [5.41, 5.74) is 5.62. The Bertz CT molecular complexity index is 422. The zero-order valence-electron chi connectivity index (χ0n) is 7.90. The van der Waals surface area contributed by atoms with Gasteiger partial charge in [-0.3, -0.25) is 0 Å². The Kier molecular flexibility index (Phi) is 3.62. The monoisotopic (exact) mass is 231 g/mol. The van der Waals surface area contributed by atoms with Crippen molar-refractivity contribution in [1.29, 1.82) is 0 Å². The van der Waals surface area contributed by atoms with Crippen LogP contribution in [0.1, 0.15) is 5.56 Å². The smallest absolute Gasteiger partial charge is 0.170 e. The average Bonchev–Trinajstić information content (AvgIpc) is 2.19. The van der Waals surface area contributed by atoms with Gasteiger partial charge in [0.2, 0.25) is 0 Å². The predicted octanol–water partition coefficient (Wildman–Crippen LogP) is 0.626. The fraction of sp³-hybridized carbons (Fsp3) is 0.125. The standard InChI is InChI=1S/C8H10FN3O2S/c1-15(14)12-7-3-2-5(4-6(7)9)8(10)11-13/h2-4,12-13H,1H3,(H2,10,11). The Morgan fingerprint density at radius 2 is 2.33 bits per heavy atom. The molecule has 0 aliphatic carbocycles. The largest absolute Gasteiger partial charge is 0.409 e. The van der Waals surface area contributed by atoms with Crippen LogP contribution in [0.5, 0.6) is 0 Å². The lowest BCUT2D eigenvalue weighted by molar-refractivity contribution is 0.318. The van der Waals surface area contributed by atoms with Gasteiger partial charge in [0.05, 0.1) is 5.69 Å². The van der Waals surface area contributed by atoms with Crippen molar-refractivity contribution in [3.05, 3.63) is 29.6 Å². The highest BCUT2D eigenvalue weighted by Crippen LogP contribution is 2.15. The topological polar surface area (TPSA) is 87.7 Å². The van der Waals surface area contributed by atoms with Gasteiger partial charge in [-0.2, -0.15) is 0 Å². The Hall–Kier alpha value is -1.63. The lowest BCUT2D eigenvalue weighted by atomic mass is 10.2. The number of nitrogens with zero attached hydrogens (tertiary/aromatic N) is 1. The molecule has 0 saturated carbocycles. The molecule has 15 heavy (non-hydrogen) atoms. The average molecular weight is 231 g/mol. The van der Waals surface area contributed by atoms with Crippen molar-refractivity contribution in [3.63, 3.8) is 0 Å². The van der Waals surface area contributed by atoms with Gasteiger partial charge in [0, 0.05) is 11.8 Å². The first-order valence-corrected chi connectivity index (χ1v) is 5.48. The van der Waals surface area contributed by atoms with Gasteiger partial charge in [0.15, 0.2) is 5.84 Å². The van der Waals surface area contributed by atoms with Gasteiger partial charge in [-0.05, 0) is 18.2 Å². The molecule has 0 fully saturated rings. The van der Waals surface area contributed by atoms with E-state index in [1.165, 1.54) is 18.4 Å². The maximum absolute atomic E-state index is 13.3. The third kappa shape index (κ3) is 2.91. The summed E-state index contributed by atoms with van der Waals surface area (Å²) in [4.78, 5) is 0. The zero-order valence-corrected chi connectivity index (χ0v) is 8.71. The molecule has 7 heteroatoms. The minimum Gasteiger partial charge on any atom is -0.409 e. The number of nitrogens with two attached hydrogens (primary N) is 1. The van der Waals surface area contributed by atoms with E-state index in [0.29, 0.717) is 0 Å². The van der Waals surface area contributed by atoms with Crippen LogP contribution >= 0.6 is 0 Å². The van der Waals surface area contributed by atoms with Crippen LogP contribution in [0.25, 0.3) is 0 Å². The van der Waals surface area contributed by atoms with Gasteiger partial charge in [-0.25, -0.2) is 8.60 Å². The van der Waals surface area contributed by atoms with Crippen molar-refractivity contribution in [1.82, 2.24) is 0 Å². The number of anilines is 1. The van der Waals surface area contributed by atoms with E-state index in [4.69, 9.17) is 10.9 Å². The number of hydrogen-bond acceptors (Lipinski definition) is 3. The van der Waals surface area contributed by atoms with Crippen molar-refractivity contribution >= 4 is 22.5 Å². The Labute approximate surface area is 88.4 Å². The SMILES string of the molecule is CS(=O)Nc1ccc(/C(N)=N/O)cc1F. The maximum Gasteiger partial charge on any atom is 0.170 e. The second kappa shape index (κ2) is 4.74. The van der Waals surface area contributed by atoms with Crippen LogP contribution in [0.2, 0.25) is 0 Å². The Morgan fingerprint density at radius 1 is 1.67 bits per heavy atom. The van der Waals surface area contributed by atoms with Crippen molar-refractivity contribution in [2.24, 2.45) is 10.9 Å². The summed E-state index contributed by atoms with van der Waals surface area (Å²) in [6, 6.07) is 3.90. The first kappa shape index (κ1) is 11.4. The van der Waals surface area contributed by atoms with E-state index in [-0.39, 0.29) is 17.1 Å². The predicted molar refractivity (Wildman–Crippen MR) is 56.6 cm³/mol. The first-order valence-electron chi connectivity index (χ1n) is 3.92. The summed E-state index contributed by atoms with van der Waals surface area (Å²) in [6.07, 6.45) is 1.39. The van der Waals surface area contributed by atoms with Gasteiger partial charge in [-0.1, -0.05) is 5.16 Å². The number of benzene rings is 1. The van der Waals surface area contributed by atoms with Crippen molar-refractivity contribution in [2.75, 3.05) is 11.0 Å². The molecule has 0 radical (unpaired) electrons. The quantitative estimate of drug-likeness (QED) is 0.308. The normalized spacial score (nSPS) is 13.6. The highest BCUT2D eigenvalue weighted by molar-refractivity contribution is 7.85. The molecule has 0 aliphatic heterocycles. The number of amidine groups is 1. The summed E-state index contributed by atoms with van der Waals surface area (Å²) in [7, 11) is -1.35. The molecule has 0 spiro atoms. The van der Waals surface area contributed by atoms with Crippen LogP contribution in [-0.2, 0) is 11.0 Å². The van der Waals surface area contributed by atoms with Gasteiger partial charge in [0.25, 0.3) is 0 Å². The summed E-state index contributed by atoms with van der Waals surface area (Å²) in [5, 5.41) is 11.1. The molecule has 1 rings (SSSR count). The number of hydrogen-bond donors (Lipinski definition) is 3. The van der Waals surface area contributed by atoms with Crippen LogP contribution < -0.4 is 10.5 Å². The molecule has 0 bridgehead atoms. The molecule has 0 saturated heterocycles. The van der Waals surface area contributed by atoms with Crippen molar-refractivity contribution in [2.45, 2.75) is 0 Å². The molecule has 1 unspecified atom stereocenters. The number of nitrogens with one attached hydrogen (secondary N) is 1. The van der Waals surface area contributed by atoms with Crippen LogP contribution in [0.3, 0.4) is 0 Å². The highest BCUT2D eigenvalue weighted by Gasteiger charge is 2.06. The first-order chi connectivity index (χ1) is 7.04. The molecule has 0 aliphatic rings. The molecule has 1 aromatic carbocycles. The molecule has 0 amide bonds. The van der Waals surface area contributed by atoms with E-state index in [9.17, 15) is 8.60 Å². The molecular formula is C8H10FN3O2S. The minimum absolute atomic E-state index is 0.102. The van der Waals surface area contributed by atoms with E-state index in [1.54, 1.807) is 0 Å². The van der Waals surface area contributed by atoms with Crippen LogP contribution in [0, 0.1) is 5.82 Å². The molecule has 5 nitrogen and oxygen atoms in total. The molecule has 4 N–H and O–H groups in total. The zero-order chi connectivity index (χ0) is 11.4. The Balaban J connectivity index is 3.03. The Morgan fingerprint density at radius 3 is 2.80 bits per heavy atom. The van der Waals surface area contributed by atoms with Gasteiger partial charge in [0.1, 0.15) is 16.8 Å². The van der Waals surface area contributed by atoms with Gasteiger partial charge < -0.3 is 15.7 Å². The second-order valence-electron chi connectivity index (χ2n) is 2.74. The molecule has 0 heterocycles. The molecule has 0 aromatic heterocycles.